The van der Waals surface area contributed by atoms with E-state index in [4.69, 9.17) is 0 Å². The minimum absolute atomic E-state index is 0.00405. The summed E-state index contributed by atoms with van der Waals surface area (Å²) >= 11 is 2.81. The SMILES string of the molecule is CC(=O)c1cc(C(=O)c2ccsc2)cs1. The summed E-state index contributed by atoms with van der Waals surface area (Å²) in [5.74, 6) is -0.00984. The molecule has 0 aromatic carbocycles. The molecule has 0 aliphatic heterocycles. The zero-order chi connectivity index (χ0) is 10.8. The van der Waals surface area contributed by atoms with E-state index in [1.165, 1.54) is 29.6 Å². The summed E-state index contributed by atoms with van der Waals surface area (Å²) in [4.78, 5) is 23.5. The first kappa shape index (κ1) is 10.3. The average molecular weight is 236 g/mol. The third-order valence-corrected chi connectivity index (χ3v) is 3.71. The third kappa shape index (κ3) is 2.06. The molecule has 0 fully saturated rings. The standard InChI is InChI=1S/C11H8O2S2/c1-7(12)10-4-9(6-15-10)11(13)8-2-3-14-5-8/h2-6H,1H3. The fourth-order valence-corrected chi connectivity index (χ4v) is 2.63. The maximum absolute atomic E-state index is 11.8. The van der Waals surface area contributed by atoms with Gasteiger partial charge in [0.05, 0.1) is 4.88 Å². The molecule has 2 rings (SSSR count). The highest BCUT2D eigenvalue weighted by atomic mass is 32.1. The largest absolute Gasteiger partial charge is 0.294 e. The summed E-state index contributed by atoms with van der Waals surface area (Å²) in [7, 11) is 0. The normalized spacial score (nSPS) is 10.2. The number of carbonyl (C=O) groups excluding carboxylic acids is 2. The molecule has 76 valence electrons. The van der Waals surface area contributed by atoms with Gasteiger partial charge in [-0.25, -0.2) is 0 Å². The Labute approximate surface area is 95.2 Å². The van der Waals surface area contributed by atoms with Crippen LogP contribution in [0, 0.1) is 0 Å². The molecule has 2 nitrogen and oxygen atoms in total. The van der Waals surface area contributed by atoms with E-state index in [1.807, 2.05) is 10.8 Å². The molecule has 0 atom stereocenters. The topological polar surface area (TPSA) is 34.1 Å². The number of thiophene rings is 2. The van der Waals surface area contributed by atoms with Gasteiger partial charge in [0.1, 0.15) is 0 Å². The van der Waals surface area contributed by atoms with Crippen LogP contribution >= 0.6 is 22.7 Å². The fraction of sp³-hybridized carbons (Fsp3) is 0.0909. The zero-order valence-corrected chi connectivity index (χ0v) is 9.65. The molecule has 2 heterocycles. The lowest BCUT2D eigenvalue weighted by atomic mass is 10.1. The van der Waals surface area contributed by atoms with E-state index in [9.17, 15) is 9.59 Å². The Morgan fingerprint density at radius 3 is 2.53 bits per heavy atom. The molecule has 0 spiro atoms. The van der Waals surface area contributed by atoms with Gasteiger partial charge in [0.25, 0.3) is 0 Å². The highest BCUT2D eigenvalue weighted by Crippen LogP contribution is 2.19. The zero-order valence-electron chi connectivity index (χ0n) is 8.02. The second-order valence-electron chi connectivity index (χ2n) is 3.10. The maximum Gasteiger partial charge on any atom is 0.194 e. The summed E-state index contributed by atoms with van der Waals surface area (Å²) in [6.45, 7) is 1.50. The Kier molecular flexibility index (Phi) is 2.79. The first-order chi connectivity index (χ1) is 7.18. The van der Waals surface area contributed by atoms with Crippen LogP contribution in [0.2, 0.25) is 0 Å². The predicted molar refractivity (Wildman–Crippen MR) is 62.1 cm³/mol. The van der Waals surface area contributed by atoms with Crippen LogP contribution in [0.3, 0.4) is 0 Å². The van der Waals surface area contributed by atoms with Gasteiger partial charge >= 0.3 is 0 Å². The summed E-state index contributed by atoms with van der Waals surface area (Å²) < 4.78 is 0. The van der Waals surface area contributed by atoms with E-state index in [0.29, 0.717) is 16.0 Å². The lowest BCUT2D eigenvalue weighted by molar-refractivity contribution is 0.102. The van der Waals surface area contributed by atoms with Gasteiger partial charge in [0.2, 0.25) is 0 Å². The van der Waals surface area contributed by atoms with E-state index in [-0.39, 0.29) is 11.6 Å². The Morgan fingerprint density at radius 1 is 1.20 bits per heavy atom. The summed E-state index contributed by atoms with van der Waals surface area (Å²) in [6, 6.07) is 3.45. The second-order valence-corrected chi connectivity index (χ2v) is 4.79. The Bertz CT molecular complexity index is 494. The van der Waals surface area contributed by atoms with Crippen molar-refractivity contribution in [1.29, 1.82) is 0 Å². The van der Waals surface area contributed by atoms with Gasteiger partial charge in [0, 0.05) is 21.9 Å². The van der Waals surface area contributed by atoms with Crippen LogP contribution in [0.15, 0.2) is 28.3 Å². The molecule has 0 amide bonds. The molecule has 0 saturated heterocycles. The average Bonchev–Trinajstić information content (AvgIpc) is 2.88. The van der Waals surface area contributed by atoms with Gasteiger partial charge in [-0.2, -0.15) is 11.3 Å². The van der Waals surface area contributed by atoms with Crippen molar-refractivity contribution in [2.75, 3.05) is 0 Å². The van der Waals surface area contributed by atoms with E-state index >= 15 is 0 Å². The maximum atomic E-state index is 11.8. The molecule has 2 aromatic rings. The summed E-state index contributed by atoms with van der Waals surface area (Å²) in [5, 5.41) is 5.41. The summed E-state index contributed by atoms with van der Waals surface area (Å²) in [5.41, 5.74) is 1.29. The Hall–Kier alpha value is -1.26. The fourth-order valence-electron chi connectivity index (χ4n) is 1.20. The van der Waals surface area contributed by atoms with Gasteiger partial charge in [0.15, 0.2) is 11.6 Å². The lowest BCUT2D eigenvalue weighted by Gasteiger charge is -1.91. The van der Waals surface area contributed by atoms with Crippen LogP contribution in [0.25, 0.3) is 0 Å². The predicted octanol–water partition coefficient (Wildman–Crippen LogP) is 3.24. The molecule has 15 heavy (non-hydrogen) atoms. The molecule has 0 radical (unpaired) electrons. The van der Waals surface area contributed by atoms with Crippen molar-refractivity contribution in [3.63, 3.8) is 0 Å². The molecule has 0 N–H and O–H groups in total. The van der Waals surface area contributed by atoms with E-state index in [1.54, 1.807) is 17.5 Å². The quantitative estimate of drug-likeness (QED) is 0.767. The minimum atomic E-state index is -0.0139. The van der Waals surface area contributed by atoms with Crippen molar-refractivity contribution in [2.45, 2.75) is 6.92 Å². The highest BCUT2D eigenvalue weighted by Gasteiger charge is 2.12. The molecular formula is C11H8O2S2. The summed E-state index contributed by atoms with van der Waals surface area (Å²) in [6.07, 6.45) is 0. The van der Waals surface area contributed by atoms with Crippen molar-refractivity contribution in [3.8, 4) is 0 Å². The first-order valence-electron chi connectivity index (χ1n) is 4.35. The van der Waals surface area contributed by atoms with Gasteiger partial charge in [-0.15, -0.1) is 11.3 Å². The van der Waals surface area contributed by atoms with Gasteiger partial charge in [-0.1, -0.05) is 0 Å². The Morgan fingerprint density at radius 2 is 2.00 bits per heavy atom. The number of hydrogen-bond donors (Lipinski definition) is 0. The van der Waals surface area contributed by atoms with Crippen LogP contribution in [0.5, 0.6) is 0 Å². The number of ketones is 2. The minimum Gasteiger partial charge on any atom is -0.294 e. The van der Waals surface area contributed by atoms with Crippen molar-refractivity contribution in [2.24, 2.45) is 0 Å². The molecular weight excluding hydrogens is 228 g/mol. The number of hydrogen-bond acceptors (Lipinski definition) is 4. The lowest BCUT2D eigenvalue weighted by Crippen LogP contribution is -1.97. The second kappa shape index (κ2) is 4.08. The van der Waals surface area contributed by atoms with E-state index < -0.39 is 0 Å². The number of carbonyl (C=O) groups is 2. The van der Waals surface area contributed by atoms with Crippen molar-refractivity contribution < 1.29 is 9.59 Å². The third-order valence-electron chi connectivity index (χ3n) is 1.99. The number of Topliss-reactive ketones (excluding diaryl/α,β-unsaturated/α-hetero) is 1. The Balaban J connectivity index is 2.31. The molecule has 0 saturated carbocycles. The van der Waals surface area contributed by atoms with Crippen LogP contribution in [0.4, 0.5) is 0 Å². The van der Waals surface area contributed by atoms with E-state index in [2.05, 4.69) is 0 Å². The first-order valence-corrected chi connectivity index (χ1v) is 6.17. The molecule has 0 unspecified atom stereocenters. The van der Waals surface area contributed by atoms with Gasteiger partial charge in [-0.05, 0) is 24.4 Å². The molecule has 4 heteroatoms. The smallest absolute Gasteiger partial charge is 0.194 e. The number of rotatable bonds is 3. The van der Waals surface area contributed by atoms with Crippen molar-refractivity contribution in [3.05, 3.63) is 44.3 Å². The highest BCUT2D eigenvalue weighted by molar-refractivity contribution is 7.12. The molecule has 0 bridgehead atoms. The molecule has 2 aromatic heterocycles. The van der Waals surface area contributed by atoms with Crippen LogP contribution in [-0.4, -0.2) is 11.6 Å². The van der Waals surface area contributed by atoms with E-state index in [0.717, 1.165) is 0 Å². The van der Waals surface area contributed by atoms with Crippen molar-refractivity contribution in [1.82, 2.24) is 0 Å². The van der Waals surface area contributed by atoms with Crippen LogP contribution < -0.4 is 0 Å². The van der Waals surface area contributed by atoms with Gasteiger partial charge in [-0.3, -0.25) is 9.59 Å². The van der Waals surface area contributed by atoms with Crippen molar-refractivity contribution >= 4 is 34.2 Å². The monoisotopic (exact) mass is 236 g/mol. The van der Waals surface area contributed by atoms with Crippen LogP contribution in [0.1, 0.15) is 32.5 Å². The van der Waals surface area contributed by atoms with Gasteiger partial charge < -0.3 is 0 Å². The molecule has 0 aliphatic carbocycles. The molecule has 0 aliphatic rings. The van der Waals surface area contributed by atoms with Crippen LogP contribution in [-0.2, 0) is 0 Å².